The Hall–Kier alpha value is -2.00. The highest BCUT2D eigenvalue weighted by Gasteiger charge is 2.24. The second-order valence-electron chi connectivity index (χ2n) is 5.45. The molecule has 0 saturated heterocycles. The predicted octanol–water partition coefficient (Wildman–Crippen LogP) is 3.32. The zero-order valence-electron chi connectivity index (χ0n) is 14.7. The minimum absolute atomic E-state index is 0.0735. The fourth-order valence-electron chi connectivity index (χ4n) is 2.19. The number of nitrogens with one attached hydrogen (secondary N) is 2. The standard InChI is InChI=1S/C17H18Cl2N2O5S/c1-10(17(22)20-16-12(18)5-4-6-13(16)19)21-27(23,24)11-7-8-14(25-2)15(9-11)26-3/h4-10,21H,1-3H3,(H,20,22). The van der Waals surface area contributed by atoms with Crippen LogP contribution in [0.3, 0.4) is 0 Å². The van der Waals surface area contributed by atoms with Crippen molar-refractivity contribution in [2.45, 2.75) is 17.9 Å². The zero-order valence-corrected chi connectivity index (χ0v) is 17.1. The van der Waals surface area contributed by atoms with Crippen LogP contribution in [0.15, 0.2) is 41.3 Å². The Labute approximate surface area is 167 Å². The SMILES string of the molecule is COc1ccc(S(=O)(=O)NC(C)C(=O)Nc2c(Cl)cccc2Cl)cc1OC. The third kappa shape index (κ3) is 5.04. The Morgan fingerprint density at radius 1 is 1.04 bits per heavy atom. The first kappa shape index (κ1) is 21.3. The summed E-state index contributed by atoms with van der Waals surface area (Å²) in [5, 5.41) is 3.00. The number of hydrogen-bond acceptors (Lipinski definition) is 5. The second-order valence-corrected chi connectivity index (χ2v) is 7.97. The number of carbonyl (C=O) groups is 1. The molecule has 0 bridgehead atoms. The van der Waals surface area contributed by atoms with E-state index in [2.05, 4.69) is 10.0 Å². The maximum atomic E-state index is 12.6. The van der Waals surface area contributed by atoms with E-state index < -0.39 is 22.0 Å². The number of anilines is 1. The van der Waals surface area contributed by atoms with Crippen LogP contribution in [-0.2, 0) is 14.8 Å². The van der Waals surface area contributed by atoms with E-state index in [1.54, 1.807) is 18.2 Å². The van der Waals surface area contributed by atoms with Crippen LogP contribution in [0.1, 0.15) is 6.92 Å². The molecule has 27 heavy (non-hydrogen) atoms. The molecule has 146 valence electrons. The van der Waals surface area contributed by atoms with Crippen LogP contribution in [0.2, 0.25) is 10.0 Å². The average molecular weight is 433 g/mol. The summed E-state index contributed by atoms with van der Waals surface area (Å²) in [5.41, 5.74) is 0.211. The van der Waals surface area contributed by atoms with Gasteiger partial charge >= 0.3 is 0 Å². The van der Waals surface area contributed by atoms with Crippen LogP contribution in [0.5, 0.6) is 11.5 Å². The molecule has 0 aliphatic carbocycles. The van der Waals surface area contributed by atoms with Crippen LogP contribution < -0.4 is 19.5 Å². The lowest BCUT2D eigenvalue weighted by atomic mass is 10.3. The van der Waals surface area contributed by atoms with Crippen molar-refractivity contribution in [2.24, 2.45) is 0 Å². The van der Waals surface area contributed by atoms with Gasteiger partial charge in [-0.05, 0) is 31.2 Å². The number of amides is 1. The number of rotatable bonds is 7. The first-order valence-electron chi connectivity index (χ1n) is 7.69. The highest BCUT2D eigenvalue weighted by Crippen LogP contribution is 2.31. The zero-order chi connectivity index (χ0) is 20.2. The van der Waals surface area contributed by atoms with Crippen molar-refractivity contribution in [1.29, 1.82) is 0 Å². The van der Waals surface area contributed by atoms with Gasteiger partial charge < -0.3 is 14.8 Å². The molecule has 0 heterocycles. The van der Waals surface area contributed by atoms with Crippen molar-refractivity contribution >= 4 is 44.8 Å². The maximum Gasteiger partial charge on any atom is 0.242 e. The summed E-state index contributed by atoms with van der Waals surface area (Å²) in [6, 6.07) is 7.76. The fourth-order valence-corrected chi connectivity index (χ4v) is 3.90. The number of benzene rings is 2. The summed E-state index contributed by atoms with van der Waals surface area (Å²) in [6.07, 6.45) is 0. The summed E-state index contributed by atoms with van der Waals surface area (Å²) in [4.78, 5) is 12.3. The van der Waals surface area contributed by atoms with E-state index in [0.29, 0.717) is 5.75 Å². The summed E-state index contributed by atoms with van der Waals surface area (Å²) in [5.74, 6) is 0.0185. The van der Waals surface area contributed by atoms with E-state index in [9.17, 15) is 13.2 Å². The molecule has 7 nitrogen and oxygen atoms in total. The Bertz CT molecular complexity index is 930. The summed E-state index contributed by atoms with van der Waals surface area (Å²) >= 11 is 12.0. The van der Waals surface area contributed by atoms with Gasteiger partial charge in [0.1, 0.15) is 0 Å². The van der Waals surface area contributed by atoms with Crippen molar-refractivity contribution in [3.8, 4) is 11.5 Å². The molecule has 0 saturated carbocycles. The third-order valence-corrected chi connectivity index (χ3v) is 5.77. The smallest absolute Gasteiger partial charge is 0.242 e. The first-order chi connectivity index (χ1) is 12.7. The van der Waals surface area contributed by atoms with E-state index in [0.717, 1.165) is 0 Å². The van der Waals surface area contributed by atoms with Gasteiger partial charge in [0.15, 0.2) is 11.5 Å². The van der Waals surface area contributed by atoms with Crippen LogP contribution >= 0.6 is 23.2 Å². The van der Waals surface area contributed by atoms with Crippen molar-refractivity contribution in [3.05, 3.63) is 46.4 Å². The minimum atomic E-state index is -3.99. The predicted molar refractivity (Wildman–Crippen MR) is 104 cm³/mol. The van der Waals surface area contributed by atoms with Gasteiger partial charge in [0, 0.05) is 6.07 Å². The molecule has 0 fully saturated rings. The number of halogens is 2. The Kier molecular flexibility index (Phi) is 6.94. The van der Waals surface area contributed by atoms with Crippen molar-refractivity contribution in [2.75, 3.05) is 19.5 Å². The molecule has 1 atom stereocenters. The molecule has 2 aromatic carbocycles. The lowest BCUT2D eigenvalue weighted by Crippen LogP contribution is -2.41. The largest absolute Gasteiger partial charge is 0.493 e. The molecule has 1 unspecified atom stereocenters. The molecule has 1 amide bonds. The number of sulfonamides is 1. The molecule has 2 N–H and O–H groups in total. The van der Waals surface area contributed by atoms with Crippen LogP contribution in [0.25, 0.3) is 0 Å². The van der Waals surface area contributed by atoms with Gasteiger partial charge in [-0.1, -0.05) is 29.3 Å². The number of para-hydroxylation sites is 1. The number of carbonyl (C=O) groups excluding carboxylic acids is 1. The monoisotopic (exact) mass is 432 g/mol. The van der Waals surface area contributed by atoms with E-state index in [4.69, 9.17) is 32.7 Å². The maximum absolute atomic E-state index is 12.6. The number of hydrogen-bond donors (Lipinski definition) is 2. The molecule has 10 heteroatoms. The van der Waals surface area contributed by atoms with Gasteiger partial charge in [-0.3, -0.25) is 4.79 Å². The average Bonchev–Trinajstić information content (AvgIpc) is 2.63. The molecule has 0 spiro atoms. The molecule has 0 radical (unpaired) electrons. The van der Waals surface area contributed by atoms with Crippen LogP contribution in [-0.4, -0.2) is 34.6 Å². The van der Waals surface area contributed by atoms with Gasteiger partial charge in [0.25, 0.3) is 0 Å². The number of ether oxygens (including phenoxy) is 2. The van der Waals surface area contributed by atoms with Gasteiger partial charge in [-0.15, -0.1) is 0 Å². The van der Waals surface area contributed by atoms with Gasteiger partial charge in [-0.25, -0.2) is 8.42 Å². The van der Waals surface area contributed by atoms with E-state index in [-0.39, 0.29) is 26.4 Å². The Morgan fingerprint density at radius 2 is 1.63 bits per heavy atom. The third-order valence-electron chi connectivity index (χ3n) is 3.60. The Morgan fingerprint density at radius 3 is 2.19 bits per heavy atom. The molecule has 2 rings (SSSR count). The highest BCUT2D eigenvalue weighted by atomic mass is 35.5. The summed E-state index contributed by atoms with van der Waals surface area (Å²) in [7, 11) is -1.15. The van der Waals surface area contributed by atoms with Gasteiger partial charge in [0.2, 0.25) is 15.9 Å². The van der Waals surface area contributed by atoms with Crippen LogP contribution in [0, 0.1) is 0 Å². The second kappa shape index (κ2) is 8.79. The van der Waals surface area contributed by atoms with Crippen molar-refractivity contribution in [1.82, 2.24) is 4.72 Å². The molecule has 0 aliphatic rings. The van der Waals surface area contributed by atoms with Gasteiger partial charge in [0.05, 0.1) is 40.9 Å². The van der Waals surface area contributed by atoms with E-state index in [1.807, 2.05) is 0 Å². The fraction of sp³-hybridized carbons (Fsp3) is 0.235. The normalized spacial score (nSPS) is 12.3. The molecular weight excluding hydrogens is 415 g/mol. The van der Waals surface area contributed by atoms with E-state index in [1.165, 1.54) is 39.3 Å². The Balaban J connectivity index is 2.18. The van der Waals surface area contributed by atoms with Crippen LogP contribution in [0.4, 0.5) is 5.69 Å². The lowest BCUT2D eigenvalue weighted by Gasteiger charge is -2.16. The quantitative estimate of drug-likeness (QED) is 0.699. The minimum Gasteiger partial charge on any atom is -0.493 e. The summed E-state index contributed by atoms with van der Waals surface area (Å²) < 4.78 is 37.6. The van der Waals surface area contributed by atoms with E-state index >= 15 is 0 Å². The molecule has 0 aromatic heterocycles. The van der Waals surface area contributed by atoms with Gasteiger partial charge in [-0.2, -0.15) is 4.72 Å². The summed E-state index contributed by atoms with van der Waals surface area (Å²) in [6.45, 7) is 1.40. The lowest BCUT2D eigenvalue weighted by molar-refractivity contribution is -0.117. The molecule has 0 aliphatic heterocycles. The van der Waals surface area contributed by atoms with Crippen molar-refractivity contribution < 1.29 is 22.7 Å². The van der Waals surface area contributed by atoms with Crippen molar-refractivity contribution in [3.63, 3.8) is 0 Å². The topological polar surface area (TPSA) is 93.7 Å². The first-order valence-corrected chi connectivity index (χ1v) is 9.92. The molecule has 2 aromatic rings. The molecular formula is C17H18Cl2N2O5S. The highest BCUT2D eigenvalue weighted by molar-refractivity contribution is 7.89. The number of methoxy groups -OCH3 is 2.